The van der Waals surface area contributed by atoms with E-state index in [1.807, 2.05) is 30.3 Å². The molecule has 2 fully saturated rings. The first-order valence-electron chi connectivity index (χ1n) is 10.00. The fourth-order valence-electron chi connectivity index (χ4n) is 3.75. The van der Waals surface area contributed by atoms with Gasteiger partial charge in [0.1, 0.15) is 6.61 Å². The summed E-state index contributed by atoms with van der Waals surface area (Å²) in [5.41, 5.74) is 0.963. The van der Waals surface area contributed by atoms with Crippen molar-refractivity contribution in [1.29, 1.82) is 0 Å². The first kappa shape index (κ1) is 18.7. The Morgan fingerprint density at radius 1 is 1.00 bits per heavy atom. The molecule has 0 aliphatic heterocycles. The number of nitrogens with one attached hydrogen (secondary N) is 1. The van der Waals surface area contributed by atoms with Crippen LogP contribution in [0.1, 0.15) is 63.4 Å². The van der Waals surface area contributed by atoms with Crippen LogP contribution >= 0.6 is 0 Å². The van der Waals surface area contributed by atoms with E-state index in [1.54, 1.807) is 0 Å². The number of alkyl carbamates (subject to hydrolysis) is 1. The first-order valence-corrected chi connectivity index (χ1v) is 10.00. The standard InChI is InChI=1S/C21H30N2O3/c24-20(23(19-13-14-19)18-10-5-2-6-11-18)12-7-15-22-21(25)26-16-17-8-3-1-4-9-17/h1,3-4,8-9,18-19H,2,5-7,10-16H2,(H,22,25). The van der Waals surface area contributed by atoms with Gasteiger partial charge in [0.05, 0.1) is 0 Å². The topological polar surface area (TPSA) is 58.6 Å². The van der Waals surface area contributed by atoms with E-state index in [-0.39, 0.29) is 12.5 Å². The molecule has 142 valence electrons. The van der Waals surface area contributed by atoms with E-state index in [0.29, 0.717) is 31.5 Å². The van der Waals surface area contributed by atoms with Crippen LogP contribution < -0.4 is 5.32 Å². The van der Waals surface area contributed by atoms with Gasteiger partial charge >= 0.3 is 6.09 Å². The molecule has 26 heavy (non-hydrogen) atoms. The molecule has 0 aromatic heterocycles. The van der Waals surface area contributed by atoms with Crippen molar-refractivity contribution in [3.05, 3.63) is 35.9 Å². The number of carbonyl (C=O) groups is 2. The SMILES string of the molecule is O=C(NCCCC(=O)N(C1CCCCC1)C1CC1)OCc1ccccc1. The molecular weight excluding hydrogens is 328 g/mol. The van der Waals surface area contributed by atoms with Crippen LogP contribution in [0.15, 0.2) is 30.3 Å². The molecule has 1 aromatic carbocycles. The Balaban J connectivity index is 1.33. The number of ether oxygens (including phenoxy) is 1. The molecule has 1 N–H and O–H groups in total. The van der Waals surface area contributed by atoms with Crippen LogP contribution in [0, 0.1) is 0 Å². The lowest BCUT2D eigenvalue weighted by atomic mass is 9.93. The Bertz CT molecular complexity index is 580. The number of rotatable bonds is 8. The van der Waals surface area contributed by atoms with E-state index in [9.17, 15) is 9.59 Å². The minimum Gasteiger partial charge on any atom is -0.445 e. The number of amides is 2. The molecule has 5 nitrogen and oxygen atoms in total. The van der Waals surface area contributed by atoms with Crippen LogP contribution in [0.25, 0.3) is 0 Å². The molecule has 0 heterocycles. The Labute approximate surface area is 156 Å². The zero-order valence-electron chi connectivity index (χ0n) is 15.5. The van der Waals surface area contributed by atoms with Crippen LogP contribution in [0.2, 0.25) is 0 Å². The summed E-state index contributed by atoms with van der Waals surface area (Å²) in [5.74, 6) is 0.263. The van der Waals surface area contributed by atoms with Crippen molar-refractivity contribution < 1.29 is 14.3 Å². The Morgan fingerprint density at radius 2 is 1.69 bits per heavy atom. The fourth-order valence-corrected chi connectivity index (χ4v) is 3.75. The summed E-state index contributed by atoms with van der Waals surface area (Å²) < 4.78 is 5.18. The van der Waals surface area contributed by atoms with Gasteiger partial charge in [-0.2, -0.15) is 0 Å². The predicted octanol–water partition coefficient (Wildman–Crippen LogP) is 4.02. The van der Waals surface area contributed by atoms with Crippen molar-refractivity contribution in [1.82, 2.24) is 10.2 Å². The minimum atomic E-state index is -0.423. The van der Waals surface area contributed by atoms with Gasteiger partial charge in [-0.3, -0.25) is 4.79 Å². The van der Waals surface area contributed by atoms with Gasteiger partial charge in [0.2, 0.25) is 5.91 Å². The molecule has 2 aliphatic rings. The first-order chi connectivity index (χ1) is 12.7. The van der Waals surface area contributed by atoms with Crippen molar-refractivity contribution in [2.45, 2.75) is 76.5 Å². The van der Waals surface area contributed by atoms with Gasteiger partial charge in [-0.05, 0) is 37.7 Å². The van der Waals surface area contributed by atoms with E-state index in [0.717, 1.165) is 31.2 Å². The van der Waals surface area contributed by atoms with Crippen molar-refractivity contribution in [2.75, 3.05) is 6.54 Å². The number of benzene rings is 1. The lowest BCUT2D eigenvalue weighted by molar-refractivity contribution is -0.135. The summed E-state index contributed by atoms with van der Waals surface area (Å²) in [6, 6.07) is 10.5. The molecule has 5 heteroatoms. The van der Waals surface area contributed by atoms with Gasteiger partial charge < -0.3 is 15.0 Å². The molecule has 0 saturated heterocycles. The molecule has 0 bridgehead atoms. The van der Waals surface area contributed by atoms with E-state index >= 15 is 0 Å². The third-order valence-electron chi connectivity index (χ3n) is 5.25. The van der Waals surface area contributed by atoms with E-state index in [4.69, 9.17) is 4.74 Å². The molecule has 0 radical (unpaired) electrons. The van der Waals surface area contributed by atoms with Gasteiger partial charge in [0.25, 0.3) is 0 Å². The maximum atomic E-state index is 12.7. The molecule has 3 rings (SSSR count). The zero-order valence-corrected chi connectivity index (χ0v) is 15.5. The molecule has 1 aromatic rings. The zero-order chi connectivity index (χ0) is 18.2. The minimum absolute atomic E-state index is 0.263. The molecule has 0 unspecified atom stereocenters. The largest absolute Gasteiger partial charge is 0.445 e. The molecule has 2 amide bonds. The van der Waals surface area contributed by atoms with Crippen LogP contribution in [-0.4, -0.2) is 35.5 Å². The van der Waals surface area contributed by atoms with Crippen LogP contribution in [0.4, 0.5) is 4.79 Å². The summed E-state index contributed by atoms with van der Waals surface area (Å²) in [7, 11) is 0. The van der Waals surface area contributed by atoms with E-state index in [2.05, 4.69) is 10.2 Å². The smallest absolute Gasteiger partial charge is 0.407 e. The monoisotopic (exact) mass is 358 g/mol. The second kappa shape index (κ2) is 9.60. The molecular formula is C21H30N2O3. The maximum Gasteiger partial charge on any atom is 0.407 e. The third kappa shape index (κ3) is 5.75. The Kier molecular flexibility index (Phi) is 6.92. The predicted molar refractivity (Wildman–Crippen MR) is 101 cm³/mol. The summed E-state index contributed by atoms with van der Waals surface area (Å²) in [4.78, 5) is 26.6. The van der Waals surface area contributed by atoms with Gasteiger partial charge in [0.15, 0.2) is 0 Å². The molecule has 0 atom stereocenters. The second-order valence-electron chi connectivity index (χ2n) is 7.42. The number of hydrogen-bond acceptors (Lipinski definition) is 3. The Morgan fingerprint density at radius 3 is 2.38 bits per heavy atom. The normalized spacial score (nSPS) is 17.5. The van der Waals surface area contributed by atoms with Crippen LogP contribution in [0.5, 0.6) is 0 Å². The van der Waals surface area contributed by atoms with Gasteiger partial charge in [-0.25, -0.2) is 4.79 Å². The molecule has 0 spiro atoms. The number of carbonyl (C=O) groups excluding carboxylic acids is 2. The van der Waals surface area contributed by atoms with Gasteiger partial charge in [-0.15, -0.1) is 0 Å². The maximum absolute atomic E-state index is 12.7. The highest BCUT2D eigenvalue weighted by molar-refractivity contribution is 5.77. The summed E-state index contributed by atoms with van der Waals surface area (Å²) in [6.45, 7) is 0.741. The molecule has 2 aliphatic carbocycles. The highest BCUT2D eigenvalue weighted by Gasteiger charge is 2.37. The summed E-state index contributed by atoms with van der Waals surface area (Å²) in [5, 5.41) is 2.74. The van der Waals surface area contributed by atoms with Crippen molar-refractivity contribution in [3.63, 3.8) is 0 Å². The average Bonchev–Trinajstić information content (AvgIpc) is 3.50. The van der Waals surface area contributed by atoms with E-state index < -0.39 is 6.09 Å². The van der Waals surface area contributed by atoms with Gasteiger partial charge in [-0.1, -0.05) is 49.6 Å². The summed E-state index contributed by atoms with van der Waals surface area (Å²) >= 11 is 0. The second-order valence-corrected chi connectivity index (χ2v) is 7.42. The third-order valence-corrected chi connectivity index (χ3v) is 5.25. The highest BCUT2D eigenvalue weighted by Crippen LogP contribution is 2.34. The van der Waals surface area contributed by atoms with Crippen molar-refractivity contribution >= 4 is 12.0 Å². The highest BCUT2D eigenvalue weighted by atomic mass is 16.5. The van der Waals surface area contributed by atoms with Crippen LogP contribution in [0.3, 0.4) is 0 Å². The number of nitrogens with zero attached hydrogens (tertiary/aromatic N) is 1. The number of hydrogen-bond donors (Lipinski definition) is 1. The average molecular weight is 358 g/mol. The Hall–Kier alpha value is -2.04. The van der Waals surface area contributed by atoms with Gasteiger partial charge in [0, 0.05) is 25.0 Å². The lowest BCUT2D eigenvalue weighted by Crippen LogP contribution is -2.43. The quantitative estimate of drug-likeness (QED) is 0.714. The van der Waals surface area contributed by atoms with Crippen molar-refractivity contribution in [3.8, 4) is 0 Å². The fraction of sp³-hybridized carbons (Fsp3) is 0.619. The molecule has 2 saturated carbocycles. The van der Waals surface area contributed by atoms with Crippen LogP contribution in [-0.2, 0) is 16.1 Å². The van der Waals surface area contributed by atoms with E-state index in [1.165, 1.54) is 19.3 Å². The summed E-state index contributed by atoms with van der Waals surface area (Å²) in [6.07, 6.45) is 9.18. The van der Waals surface area contributed by atoms with Crippen molar-refractivity contribution in [2.24, 2.45) is 0 Å². The lowest BCUT2D eigenvalue weighted by Gasteiger charge is -2.34.